The molecule has 0 fully saturated rings. The lowest BCUT2D eigenvalue weighted by molar-refractivity contribution is 0.395. The fourth-order valence-corrected chi connectivity index (χ4v) is 1.94. The van der Waals surface area contributed by atoms with Crippen molar-refractivity contribution in [1.29, 1.82) is 0 Å². The zero-order valence-electron chi connectivity index (χ0n) is 8.78. The number of nitrogens with one attached hydrogen (secondary N) is 1. The Balaban J connectivity index is 1.95. The molecular formula is C11H10F2N2OS. The molecular weight excluding hydrogens is 246 g/mol. The first kappa shape index (κ1) is 11.9. The van der Waals surface area contributed by atoms with E-state index in [1.165, 1.54) is 11.3 Å². The van der Waals surface area contributed by atoms with Gasteiger partial charge in [0.2, 0.25) is 0 Å². The lowest BCUT2D eigenvalue weighted by Crippen LogP contribution is -2.12. The summed E-state index contributed by atoms with van der Waals surface area (Å²) < 4.78 is 26.0. The van der Waals surface area contributed by atoms with E-state index in [1.54, 1.807) is 11.7 Å². The zero-order chi connectivity index (χ0) is 12.3. The van der Waals surface area contributed by atoms with Crippen molar-refractivity contribution in [3.05, 3.63) is 45.9 Å². The highest BCUT2D eigenvalue weighted by atomic mass is 32.1. The molecule has 2 aromatic rings. The van der Waals surface area contributed by atoms with Gasteiger partial charge in [0.05, 0.1) is 5.51 Å². The van der Waals surface area contributed by atoms with Crippen LogP contribution in [-0.4, -0.2) is 10.1 Å². The number of phenolic OH excluding ortho intramolecular Hbond substituents is 1. The van der Waals surface area contributed by atoms with Gasteiger partial charge in [-0.05, 0) is 17.7 Å². The largest absolute Gasteiger partial charge is 0.503 e. The second-order valence-corrected chi connectivity index (χ2v) is 4.45. The molecule has 0 saturated heterocycles. The first-order valence-electron chi connectivity index (χ1n) is 4.92. The summed E-state index contributed by atoms with van der Waals surface area (Å²) in [5.41, 5.74) is 2.17. The molecule has 17 heavy (non-hydrogen) atoms. The summed E-state index contributed by atoms with van der Waals surface area (Å²) in [6.07, 6.45) is 1.73. The number of halogens is 2. The van der Waals surface area contributed by atoms with Crippen LogP contribution in [0.1, 0.15) is 10.4 Å². The molecule has 3 nitrogen and oxygen atoms in total. The number of benzene rings is 1. The minimum atomic E-state index is -0.945. The fraction of sp³-hybridized carbons (Fsp3) is 0.182. The van der Waals surface area contributed by atoms with Gasteiger partial charge in [0.15, 0.2) is 17.4 Å². The van der Waals surface area contributed by atoms with E-state index in [2.05, 4.69) is 10.3 Å². The van der Waals surface area contributed by atoms with Crippen molar-refractivity contribution in [3.63, 3.8) is 0 Å². The van der Waals surface area contributed by atoms with Gasteiger partial charge in [0.1, 0.15) is 0 Å². The van der Waals surface area contributed by atoms with E-state index in [4.69, 9.17) is 5.11 Å². The third-order valence-electron chi connectivity index (χ3n) is 2.19. The predicted octanol–water partition coefficient (Wildman–Crippen LogP) is 2.42. The van der Waals surface area contributed by atoms with Crippen molar-refractivity contribution < 1.29 is 13.9 Å². The Labute approximate surface area is 101 Å². The molecule has 1 aromatic heterocycles. The average Bonchev–Trinajstić information content (AvgIpc) is 2.79. The molecule has 1 heterocycles. The van der Waals surface area contributed by atoms with Gasteiger partial charge >= 0.3 is 0 Å². The Kier molecular flexibility index (Phi) is 3.65. The van der Waals surface area contributed by atoms with Gasteiger partial charge in [-0.3, -0.25) is 4.98 Å². The number of aromatic hydroxyl groups is 1. The highest BCUT2D eigenvalue weighted by Crippen LogP contribution is 2.21. The summed E-state index contributed by atoms with van der Waals surface area (Å²) in [6, 6.07) is 2.22. The standard InChI is InChI=1S/C11H10F2N2OS/c12-9-1-7(2-10(13)11(9)16)3-14-4-8-5-15-6-17-8/h1-2,5-6,14,16H,3-4H2. The van der Waals surface area contributed by atoms with E-state index in [0.29, 0.717) is 18.7 Å². The van der Waals surface area contributed by atoms with Crippen molar-refractivity contribution >= 4 is 11.3 Å². The number of phenols is 1. The van der Waals surface area contributed by atoms with Crippen LogP contribution in [0.25, 0.3) is 0 Å². The Hall–Kier alpha value is -1.53. The van der Waals surface area contributed by atoms with Gasteiger partial charge < -0.3 is 10.4 Å². The van der Waals surface area contributed by atoms with Crippen molar-refractivity contribution in [3.8, 4) is 5.75 Å². The van der Waals surface area contributed by atoms with Crippen LogP contribution in [0.4, 0.5) is 8.78 Å². The summed E-state index contributed by atoms with van der Waals surface area (Å²) in [7, 11) is 0. The fourth-order valence-electron chi connectivity index (χ4n) is 1.38. The summed E-state index contributed by atoms with van der Waals surface area (Å²) in [6.45, 7) is 0.917. The van der Waals surface area contributed by atoms with E-state index in [9.17, 15) is 8.78 Å². The molecule has 0 unspecified atom stereocenters. The van der Waals surface area contributed by atoms with Crippen molar-refractivity contribution in [2.45, 2.75) is 13.1 Å². The molecule has 6 heteroatoms. The van der Waals surface area contributed by atoms with E-state index >= 15 is 0 Å². The number of rotatable bonds is 4. The maximum Gasteiger partial charge on any atom is 0.187 e. The predicted molar refractivity (Wildman–Crippen MR) is 60.7 cm³/mol. The van der Waals surface area contributed by atoms with E-state index < -0.39 is 17.4 Å². The molecule has 2 rings (SSSR count). The highest BCUT2D eigenvalue weighted by molar-refractivity contribution is 7.09. The summed E-state index contributed by atoms with van der Waals surface area (Å²) >= 11 is 1.51. The van der Waals surface area contributed by atoms with Crippen LogP contribution in [0.3, 0.4) is 0 Å². The maximum atomic E-state index is 13.0. The molecule has 0 bridgehead atoms. The van der Waals surface area contributed by atoms with Crippen LogP contribution < -0.4 is 5.32 Å². The molecule has 0 saturated carbocycles. The summed E-state index contributed by atoms with van der Waals surface area (Å²) in [5.74, 6) is -2.82. The lowest BCUT2D eigenvalue weighted by Gasteiger charge is -2.05. The van der Waals surface area contributed by atoms with Gasteiger partial charge in [-0.15, -0.1) is 11.3 Å². The second kappa shape index (κ2) is 5.20. The number of hydrogen-bond donors (Lipinski definition) is 2. The SMILES string of the molecule is Oc1c(F)cc(CNCc2cncs2)cc1F. The molecule has 0 radical (unpaired) electrons. The van der Waals surface area contributed by atoms with Gasteiger partial charge in [0.25, 0.3) is 0 Å². The first-order valence-corrected chi connectivity index (χ1v) is 5.80. The van der Waals surface area contributed by atoms with Crippen molar-refractivity contribution in [2.24, 2.45) is 0 Å². The molecule has 1 aromatic carbocycles. The molecule has 0 aliphatic heterocycles. The molecule has 0 amide bonds. The smallest absolute Gasteiger partial charge is 0.187 e. The van der Waals surface area contributed by atoms with E-state index in [-0.39, 0.29) is 0 Å². The van der Waals surface area contributed by atoms with Crippen LogP contribution in [-0.2, 0) is 13.1 Å². The van der Waals surface area contributed by atoms with Crippen molar-refractivity contribution in [1.82, 2.24) is 10.3 Å². The molecule has 2 N–H and O–H groups in total. The number of nitrogens with zero attached hydrogens (tertiary/aromatic N) is 1. The van der Waals surface area contributed by atoms with Gasteiger partial charge in [-0.2, -0.15) is 0 Å². The Morgan fingerprint density at radius 3 is 2.53 bits per heavy atom. The van der Waals surface area contributed by atoms with E-state index in [1.807, 2.05) is 0 Å². The topological polar surface area (TPSA) is 45.1 Å². The highest BCUT2D eigenvalue weighted by Gasteiger charge is 2.09. The van der Waals surface area contributed by atoms with Crippen LogP contribution in [0.15, 0.2) is 23.8 Å². The average molecular weight is 256 g/mol. The summed E-state index contributed by atoms with van der Waals surface area (Å²) in [5, 5.41) is 12.0. The Bertz CT molecular complexity index is 479. The van der Waals surface area contributed by atoms with Crippen molar-refractivity contribution in [2.75, 3.05) is 0 Å². The number of thiazole rings is 1. The number of hydrogen-bond acceptors (Lipinski definition) is 4. The van der Waals surface area contributed by atoms with Crippen LogP contribution in [0, 0.1) is 11.6 Å². The zero-order valence-corrected chi connectivity index (χ0v) is 9.60. The van der Waals surface area contributed by atoms with E-state index in [0.717, 1.165) is 17.0 Å². The van der Waals surface area contributed by atoms with Crippen LogP contribution in [0.5, 0.6) is 5.75 Å². The maximum absolute atomic E-state index is 13.0. The second-order valence-electron chi connectivity index (χ2n) is 3.48. The molecule has 0 aliphatic rings. The molecule has 0 spiro atoms. The molecule has 0 aliphatic carbocycles. The molecule has 0 atom stereocenters. The Morgan fingerprint density at radius 2 is 1.94 bits per heavy atom. The third kappa shape index (κ3) is 2.98. The summed E-state index contributed by atoms with van der Waals surface area (Å²) in [4.78, 5) is 4.96. The van der Waals surface area contributed by atoms with Crippen LogP contribution in [0.2, 0.25) is 0 Å². The van der Waals surface area contributed by atoms with Gasteiger partial charge in [-0.1, -0.05) is 0 Å². The lowest BCUT2D eigenvalue weighted by atomic mass is 10.2. The first-order chi connectivity index (χ1) is 8.16. The van der Waals surface area contributed by atoms with Gasteiger partial charge in [0, 0.05) is 24.2 Å². The normalized spacial score (nSPS) is 10.7. The third-order valence-corrected chi connectivity index (χ3v) is 2.97. The minimum absolute atomic E-state index is 0.325. The molecule has 90 valence electrons. The quantitative estimate of drug-likeness (QED) is 0.883. The van der Waals surface area contributed by atoms with Gasteiger partial charge in [-0.25, -0.2) is 8.78 Å². The monoisotopic (exact) mass is 256 g/mol. The van der Waals surface area contributed by atoms with Crippen LogP contribution >= 0.6 is 11.3 Å². The minimum Gasteiger partial charge on any atom is -0.503 e. The Morgan fingerprint density at radius 1 is 1.24 bits per heavy atom. The number of aromatic nitrogens is 1.